The summed E-state index contributed by atoms with van der Waals surface area (Å²) in [7, 11) is 2.02. The van der Waals surface area contributed by atoms with Crippen LogP contribution in [0.5, 0.6) is 0 Å². The van der Waals surface area contributed by atoms with Crippen molar-refractivity contribution in [2.24, 2.45) is 10.2 Å². The Balaban J connectivity index is 1.43. The zero-order chi connectivity index (χ0) is 21.6. The minimum atomic E-state index is -0.950. The van der Waals surface area contributed by atoms with Crippen molar-refractivity contribution in [3.8, 4) is 11.1 Å². The predicted octanol–water partition coefficient (Wildman–Crippen LogP) is 4.01. The number of rotatable bonds is 8. The maximum Gasteiger partial charge on any atom is 0.168 e. The van der Waals surface area contributed by atoms with Gasteiger partial charge in [0, 0.05) is 42.9 Å². The van der Waals surface area contributed by atoms with Gasteiger partial charge in [0.05, 0.1) is 11.9 Å². The number of pyridine rings is 2. The molecule has 158 valence electrons. The third-order valence-corrected chi connectivity index (χ3v) is 5.23. The van der Waals surface area contributed by atoms with Crippen molar-refractivity contribution in [2.45, 2.75) is 32.0 Å². The standard InChI is InChI=1S/C24H26N6O/c1-17-8-10-25-15-22(17)19-9-11-26-23(13-19)24(31)29-20-5-3-4-18(12-20)14-27-28-16-30(2)21-6-7-21/h3-5,8-16,21,24,29,31H,6-7H2,1-2H3/b27-14+,28-16-. The van der Waals surface area contributed by atoms with E-state index in [2.05, 4.69) is 30.4 Å². The van der Waals surface area contributed by atoms with Crippen LogP contribution in [0.15, 0.2) is 71.3 Å². The van der Waals surface area contributed by atoms with Crippen LogP contribution in [0.2, 0.25) is 0 Å². The zero-order valence-corrected chi connectivity index (χ0v) is 17.7. The second-order valence-electron chi connectivity index (χ2n) is 7.70. The minimum Gasteiger partial charge on any atom is -0.368 e. The fraction of sp³-hybridized carbons (Fsp3) is 0.250. The van der Waals surface area contributed by atoms with Crippen LogP contribution in [0, 0.1) is 6.92 Å². The number of nitrogens with one attached hydrogen (secondary N) is 1. The van der Waals surface area contributed by atoms with E-state index in [9.17, 15) is 5.11 Å². The summed E-state index contributed by atoms with van der Waals surface area (Å²) in [5, 5.41) is 22.0. The molecular weight excluding hydrogens is 388 g/mol. The molecule has 0 aliphatic heterocycles. The van der Waals surface area contributed by atoms with Gasteiger partial charge >= 0.3 is 0 Å². The Bertz CT molecular complexity index is 1090. The van der Waals surface area contributed by atoms with E-state index in [1.165, 1.54) is 12.8 Å². The van der Waals surface area contributed by atoms with E-state index in [1.54, 1.807) is 24.9 Å². The smallest absolute Gasteiger partial charge is 0.168 e. The van der Waals surface area contributed by atoms with Crippen molar-refractivity contribution >= 4 is 18.2 Å². The van der Waals surface area contributed by atoms with E-state index in [4.69, 9.17) is 0 Å². The third kappa shape index (κ3) is 5.52. The molecule has 1 saturated carbocycles. The van der Waals surface area contributed by atoms with Crippen LogP contribution in [-0.4, -0.2) is 45.6 Å². The molecule has 0 spiro atoms. The molecule has 7 nitrogen and oxygen atoms in total. The Labute approximate surface area is 182 Å². The van der Waals surface area contributed by atoms with Gasteiger partial charge in [-0.25, -0.2) is 0 Å². The summed E-state index contributed by atoms with van der Waals surface area (Å²) in [6.45, 7) is 2.03. The van der Waals surface area contributed by atoms with Gasteiger partial charge < -0.3 is 15.3 Å². The highest BCUT2D eigenvalue weighted by Gasteiger charge is 2.24. The van der Waals surface area contributed by atoms with Crippen molar-refractivity contribution in [3.05, 3.63) is 77.9 Å². The van der Waals surface area contributed by atoms with Gasteiger partial charge in [0.2, 0.25) is 0 Å². The highest BCUT2D eigenvalue weighted by molar-refractivity contribution is 5.81. The Morgan fingerprint density at radius 3 is 2.84 bits per heavy atom. The summed E-state index contributed by atoms with van der Waals surface area (Å²) < 4.78 is 0. The average molecular weight is 415 g/mol. The summed E-state index contributed by atoms with van der Waals surface area (Å²) in [6.07, 6.45) is 10.2. The third-order valence-electron chi connectivity index (χ3n) is 5.23. The molecule has 1 unspecified atom stereocenters. The number of aliphatic hydroxyl groups is 1. The van der Waals surface area contributed by atoms with Crippen LogP contribution in [0.3, 0.4) is 0 Å². The van der Waals surface area contributed by atoms with Gasteiger partial charge in [-0.2, -0.15) is 5.10 Å². The molecule has 1 fully saturated rings. The van der Waals surface area contributed by atoms with Gasteiger partial charge in [-0.1, -0.05) is 12.1 Å². The minimum absolute atomic E-state index is 0.535. The first-order valence-corrected chi connectivity index (χ1v) is 10.3. The van der Waals surface area contributed by atoms with Gasteiger partial charge in [0.15, 0.2) is 6.23 Å². The topological polar surface area (TPSA) is 86.0 Å². The normalized spacial score (nSPS) is 14.8. The summed E-state index contributed by atoms with van der Waals surface area (Å²) in [4.78, 5) is 10.6. The van der Waals surface area contributed by atoms with Crippen molar-refractivity contribution in [1.29, 1.82) is 0 Å². The quantitative estimate of drug-likeness (QED) is 0.252. The fourth-order valence-electron chi connectivity index (χ4n) is 3.26. The Morgan fingerprint density at radius 1 is 1.16 bits per heavy atom. The lowest BCUT2D eigenvalue weighted by atomic mass is 10.0. The summed E-state index contributed by atoms with van der Waals surface area (Å²) in [6, 6.07) is 14.0. The number of hydrogen-bond acceptors (Lipinski definition) is 6. The molecule has 2 N–H and O–H groups in total. The molecule has 0 saturated heterocycles. The molecule has 31 heavy (non-hydrogen) atoms. The average Bonchev–Trinajstić information content (AvgIpc) is 3.63. The van der Waals surface area contributed by atoms with E-state index < -0.39 is 6.23 Å². The first-order chi connectivity index (χ1) is 15.1. The molecule has 1 atom stereocenters. The fourth-order valence-corrected chi connectivity index (χ4v) is 3.26. The monoisotopic (exact) mass is 414 g/mol. The maximum atomic E-state index is 10.7. The number of aromatic nitrogens is 2. The van der Waals surface area contributed by atoms with E-state index >= 15 is 0 Å². The molecule has 1 aliphatic carbocycles. The number of hydrogen-bond donors (Lipinski definition) is 2. The number of anilines is 1. The van der Waals surface area contributed by atoms with Crippen LogP contribution in [0.4, 0.5) is 5.69 Å². The van der Waals surface area contributed by atoms with Gasteiger partial charge in [-0.3, -0.25) is 9.97 Å². The van der Waals surface area contributed by atoms with E-state index in [1.807, 2.05) is 62.6 Å². The van der Waals surface area contributed by atoms with Gasteiger partial charge in [-0.15, -0.1) is 5.10 Å². The van der Waals surface area contributed by atoms with Crippen LogP contribution in [0.1, 0.15) is 35.9 Å². The Morgan fingerprint density at radius 2 is 2.03 bits per heavy atom. The van der Waals surface area contributed by atoms with Crippen molar-refractivity contribution in [2.75, 3.05) is 12.4 Å². The molecule has 1 aliphatic rings. The van der Waals surface area contributed by atoms with Crippen LogP contribution in [-0.2, 0) is 0 Å². The highest BCUT2D eigenvalue weighted by Crippen LogP contribution is 2.25. The van der Waals surface area contributed by atoms with Crippen LogP contribution in [0.25, 0.3) is 11.1 Å². The van der Waals surface area contributed by atoms with Crippen LogP contribution >= 0.6 is 0 Å². The molecule has 0 amide bonds. The van der Waals surface area contributed by atoms with E-state index in [-0.39, 0.29) is 0 Å². The molecule has 2 aromatic heterocycles. The van der Waals surface area contributed by atoms with Crippen molar-refractivity contribution < 1.29 is 5.11 Å². The summed E-state index contributed by atoms with van der Waals surface area (Å²) in [5.74, 6) is 0. The molecular formula is C24H26N6O. The lowest BCUT2D eigenvalue weighted by Crippen LogP contribution is -2.17. The molecule has 4 rings (SSSR count). The lowest BCUT2D eigenvalue weighted by Gasteiger charge is -2.15. The Kier molecular flexibility index (Phi) is 6.33. The summed E-state index contributed by atoms with van der Waals surface area (Å²) in [5.41, 5.74) is 5.28. The number of benzene rings is 1. The second kappa shape index (κ2) is 9.49. The molecule has 0 radical (unpaired) electrons. The number of aryl methyl sites for hydroxylation is 1. The second-order valence-corrected chi connectivity index (χ2v) is 7.70. The molecule has 7 heteroatoms. The predicted molar refractivity (Wildman–Crippen MR) is 124 cm³/mol. The van der Waals surface area contributed by atoms with Gasteiger partial charge in [-0.05, 0) is 66.8 Å². The van der Waals surface area contributed by atoms with Crippen molar-refractivity contribution in [1.82, 2.24) is 14.9 Å². The SMILES string of the molecule is Cc1ccncc1-c1ccnc(C(O)Nc2cccc(/C=N/N=C\N(C)C3CC3)c2)c1. The first-order valence-electron chi connectivity index (χ1n) is 10.3. The summed E-state index contributed by atoms with van der Waals surface area (Å²) >= 11 is 0. The molecule has 2 heterocycles. The van der Waals surface area contributed by atoms with Crippen molar-refractivity contribution in [3.63, 3.8) is 0 Å². The number of aliphatic hydroxyl groups excluding tert-OH is 1. The number of nitrogens with zero attached hydrogens (tertiary/aromatic N) is 5. The van der Waals surface area contributed by atoms with Gasteiger partial charge in [0.25, 0.3) is 0 Å². The van der Waals surface area contributed by atoms with E-state index in [0.29, 0.717) is 11.7 Å². The molecule has 3 aromatic rings. The first kappa shape index (κ1) is 20.7. The molecule has 1 aromatic carbocycles. The van der Waals surface area contributed by atoms with Gasteiger partial charge in [0.1, 0.15) is 6.34 Å². The largest absolute Gasteiger partial charge is 0.368 e. The Hall–Kier alpha value is -3.58. The lowest BCUT2D eigenvalue weighted by molar-refractivity contribution is 0.203. The molecule has 0 bridgehead atoms. The highest BCUT2D eigenvalue weighted by atomic mass is 16.3. The van der Waals surface area contributed by atoms with Crippen LogP contribution < -0.4 is 5.32 Å². The maximum absolute atomic E-state index is 10.7. The van der Waals surface area contributed by atoms with E-state index in [0.717, 1.165) is 27.9 Å². The zero-order valence-electron chi connectivity index (χ0n) is 17.7.